The summed E-state index contributed by atoms with van der Waals surface area (Å²) in [4.78, 5) is 5.11. The Kier molecular flexibility index (Phi) is 4.08. The number of benzene rings is 1. The second-order valence-electron chi connectivity index (χ2n) is 5.90. The number of fused-ring (bicyclic) bond motifs is 1. The summed E-state index contributed by atoms with van der Waals surface area (Å²) in [5.41, 5.74) is 2.31. The van der Waals surface area contributed by atoms with E-state index in [-0.39, 0.29) is 0 Å². The lowest BCUT2D eigenvalue weighted by molar-refractivity contribution is 0.133. The molecule has 3 nitrogen and oxygen atoms in total. The molecule has 1 unspecified atom stereocenters. The maximum Gasteiger partial charge on any atom is 0.143 e. The average Bonchev–Trinajstić information content (AvgIpc) is 2.49. The van der Waals surface area contributed by atoms with Gasteiger partial charge in [-0.2, -0.15) is 0 Å². The average molecular weight is 295 g/mol. The summed E-state index contributed by atoms with van der Waals surface area (Å²) in [5.74, 6) is 0.893. The molecule has 1 aromatic carbocycles. The number of piperidine rings is 1. The van der Waals surface area contributed by atoms with Crippen molar-refractivity contribution in [3.8, 4) is 5.75 Å². The van der Waals surface area contributed by atoms with Gasteiger partial charge in [0.15, 0.2) is 0 Å². The van der Waals surface area contributed by atoms with E-state index in [9.17, 15) is 0 Å². The normalized spacial score (nSPS) is 23.6. The van der Waals surface area contributed by atoms with Gasteiger partial charge in [0.25, 0.3) is 0 Å². The van der Waals surface area contributed by atoms with Crippen LogP contribution < -0.4 is 9.64 Å². The quantitative estimate of drug-likeness (QED) is 0.832. The Hall–Kier alpha value is -0.930. The van der Waals surface area contributed by atoms with Crippen LogP contribution in [0, 0.1) is 6.92 Å². The highest BCUT2D eigenvalue weighted by Crippen LogP contribution is 2.35. The summed E-state index contributed by atoms with van der Waals surface area (Å²) >= 11 is 6.21. The molecule has 1 atom stereocenters. The number of rotatable bonds is 2. The fourth-order valence-corrected chi connectivity index (χ4v) is 3.59. The maximum absolute atomic E-state index is 6.21. The molecule has 20 heavy (non-hydrogen) atoms. The zero-order chi connectivity index (χ0) is 14.1. The molecule has 2 fully saturated rings. The monoisotopic (exact) mass is 294 g/mol. The van der Waals surface area contributed by atoms with E-state index in [1.165, 1.54) is 31.5 Å². The van der Waals surface area contributed by atoms with Crippen LogP contribution in [0.1, 0.15) is 24.8 Å². The van der Waals surface area contributed by atoms with Gasteiger partial charge in [0.1, 0.15) is 5.75 Å². The number of methoxy groups -OCH3 is 1. The number of hydrogen-bond donors (Lipinski definition) is 0. The summed E-state index contributed by atoms with van der Waals surface area (Å²) in [6.45, 7) is 6.68. The Bertz CT molecular complexity index is 492. The van der Waals surface area contributed by atoms with Gasteiger partial charge in [0.05, 0.1) is 12.8 Å². The van der Waals surface area contributed by atoms with Crippen LogP contribution >= 0.6 is 11.6 Å². The van der Waals surface area contributed by atoms with E-state index >= 15 is 0 Å². The van der Waals surface area contributed by atoms with Crippen LogP contribution in [0.15, 0.2) is 12.1 Å². The first-order valence-electron chi connectivity index (χ1n) is 7.52. The van der Waals surface area contributed by atoms with Crippen LogP contribution in [0.3, 0.4) is 0 Å². The van der Waals surface area contributed by atoms with Crippen LogP contribution in [0.4, 0.5) is 5.69 Å². The van der Waals surface area contributed by atoms with Gasteiger partial charge in [-0.25, -0.2) is 0 Å². The predicted octanol–water partition coefficient (Wildman–Crippen LogP) is 3.33. The Labute approximate surface area is 126 Å². The standard InChI is InChI=1S/C16H23ClN2O/c1-12-9-15(16(20-2)10-14(12)17)19-8-7-18-6-4-3-5-13(18)11-19/h9-10,13H,3-8,11H2,1-2H3. The minimum absolute atomic E-state index is 0.707. The molecule has 3 rings (SSSR count). The molecule has 0 saturated carbocycles. The first kappa shape index (κ1) is 14.0. The molecule has 0 N–H and O–H groups in total. The zero-order valence-electron chi connectivity index (χ0n) is 12.4. The molecule has 2 aliphatic rings. The van der Waals surface area contributed by atoms with Crippen molar-refractivity contribution >= 4 is 17.3 Å². The SMILES string of the molecule is COc1cc(Cl)c(C)cc1N1CCN2CCCCC2C1. The number of piperazine rings is 1. The summed E-state index contributed by atoms with van der Waals surface area (Å²) < 4.78 is 5.53. The zero-order valence-corrected chi connectivity index (χ0v) is 13.1. The highest BCUT2D eigenvalue weighted by atomic mass is 35.5. The Morgan fingerprint density at radius 3 is 2.85 bits per heavy atom. The third-order valence-electron chi connectivity index (χ3n) is 4.64. The van der Waals surface area contributed by atoms with Crippen LogP contribution in [0.5, 0.6) is 5.75 Å². The summed E-state index contributed by atoms with van der Waals surface area (Å²) in [6.07, 6.45) is 4.05. The van der Waals surface area contributed by atoms with Gasteiger partial charge >= 0.3 is 0 Å². The van der Waals surface area contributed by atoms with Crippen LogP contribution in [0.25, 0.3) is 0 Å². The molecular formula is C16H23ClN2O. The van der Waals surface area contributed by atoms with Gasteiger partial charge in [-0.1, -0.05) is 18.0 Å². The van der Waals surface area contributed by atoms with E-state index in [2.05, 4.69) is 22.8 Å². The third kappa shape index (κ3) is 2.61. The first-order chi connectivity index (χ1) is 9.69. The number of hydrogen-bond acceptors (Lipinski definition) is 3. The topological polar surface area (TPSA) is 15.7 Å². The molecule has 2 aliphatic heterocycles. The maximum atomic E-state index is 6.21. The van der Waals surface area contributed by atoms with Gasteiger partial charge < -0.3 is 9.64 Å². The molecule has 2 saturated heterocycles. The van der Waals surface area contributed by atoms with Gasteiger partial charge in [-0.15, -0.1) is 0 Å². The van der Waals surface area contributed by atoms with Crippen molar-refractivity contribution in [2.24, 2.45) is 0 Å². The molecule has 0 spiro atoms. The van der Waals surface area contributed by atoms with Crippen molar-refractivity contribution in [1.29, 1.82) is 0 Å². The predicted molar refractivity (Wildman–Crippen MR) is 84.2 cm³/mol. The lowest BCUT2D eigenvalue weighted by Crippen LogP contribution is -2.55. The summed E-state index contributed by atoms with van der Waals surface area (Å²) in [5, 5.41) is 0.780. The van der Waals surface area contributed by atoms with Crippen molar-refractivity contribution in [2.75, 3.05) is 38.2 Å². The van der Waals surface area contributed by atoms with Gasteiger partial charge in [0.2, 0.25) is 0 Å². The molecule has 0 aromatic heterocycles. The highest BCUT2D eigenvalue weighted by Gasteiger charge is 2.30. The van der Waals surface area contributed by atoms with Gasteiger partial charge in [-0.05, 0) is 37.9 Å². The van der Waals surface area contributed by atoms with Gasteiger partial charge in [0, 0.05) is 36.8 Å². The van der Waals surface area contributed by atoms with E-state index < -0.39 is 0 Å². The highest BCUT2D eigenvalue weighted by molar-refractivity contribution is 6.31. The minimum atomic E-state index is 0.707. The molecule has 0 radical (unpaired) electrons. The summed E-state index contributed by atoms with van der Waals surface area (Å²) in [6, 6.07) is 4.82. The van der Waals surface area contributed by atoms with Crippen molar-refractivity contribution in [1.82, 2.24) is 4.90 Å². The number of nitrogens with zero attached hydrogens (tertiary/aromatic N) is 2. The van der Waals surface area contributed by atoms with E-state index in [4.69, 9.17) is 16.3 Å². The van der Waals surface area contributed by atoms with Crippen molar-refractivity contribution in [2.45, 2.75) is 32.2 Å². The third-order valence-corrected chi connectivity index (χ3v) is 5.05. The molecule has 1 aromatic rings. The van der Waals surface area contributed by atoms with E-state index in [0.717, 1.165) is 36.0 Å². The van der Waals surface area contributed by atoms with Crippen LogP contribution in [-0.4, -0.2) is 44.2 Å². The molecule has 0 bridgehead atoms. The molecule has 2 heterocycles. The number of aryl methyl sites for hydroxylation is 1. The molecule has 0 aliphatic carbocycles. The van der Waals surface area contributed by atoms with Crippen LogP contribution in [0.2, 0.25) is 5.02 Å². The Morgan fingerprint density at radius 1 is 1.20 bits per heavy atom. The van der Waals surface area contributed by atoms with Gasteiger partial charge in [-0.3, -0.25) is 4.90 Å². The van der Waals surface area contributed by atoms with Crippen LogP contribution in [-0.2, 0) is 0 Å². The molecule has 4 heteroatoms. The number of halogens is 1. The fourth-order valence-electron chi connectivity index (χ4n) is 3.43. The fraction of sp³-hybridized carbons (Fsp3) is 0.625. The second kappa shape index (κ2) is 5.82. The summed E-state index contributed by atoms with van der Waals surface area (Å²) in [7, 11) is 1.72. The number of anilines is 1. The largest absolute Gasteiger partial charge is 0.495 e. The smallest absolute Gasteiger partial charge is 0.143 e. The van der Waals surface area contributed by atoms with Crippen molar-refractivity contribution in [3.63, 3.8) is 0 Å². The van der Waals surface area contributed by atoms with Crippen molar-refractivity contribution in [3.05, 3.63) is 22.7 Å². The van der Waals surface area contributed by atoms with E-state index in [0.29, 0.717) is 6.04 Å². The Balaban J connectivity index is 1.84. The second-order valence-corrected chi connectivity index (χ2v) is 6.31. The Morgan fingerprint density at radius 2 is 2.05 bits per heavy atom. The first-order valence-corrected chi connectivity index (χ1v) is 7.90. The van der Waals surface area contributed by atoms with Crippen molar-refractivity contribution < 1.29 is 4.74 Å². The van der Waals surface area contributed by atoms with E-state index in [1.54, 1.807) is 7.11 Å². The molecule has 110 valence electrons. The molecular weight excluding hydrogens is 272 g/mol. The lowest BCUT2D eigenvalue weighted by atomic mass is 9.99. The lowest BCUT2D eigenvalue weighted by Gasteiger charge is -2.45. The van der Waals surface area contributed by atoms with E-state index in [1.807, 2.05) is 6.07 Å². The number of ether oxygens (including phenoxy) is 1. The molecule has 0 amide bonds. The minimum Gasteiger partial charge on any atom is -0.495 e.